The first-order chi connectivity index (χ1) is 14.0. The van der Waals surface area contributed by atoms with E-state index < -0.39 is 0 Å². The highest BCUT2D eigenvalue weighted by atomic mass is 15.1. The smallest absolute Gasteiger partial charge is 0.234 e. The van der Waals surface area contributed by atoms with Crippen LogP contribution < -0.4 is 5.32 Å². The van der Waals surface area contributed by atoms with Crippen LogP contribution >= 0.6 is 0 Å². The van der Waals surface area contributed by atoms with Crippen molar-refractivity contribution in [1.29, 1.82) is 5.26 Å². The Labute approximate surface area is 174 Å². The zero-order chi connectivity index (χ0) is 21.1. The number of hydrogen-bond donors (Lipinski definition) is 1. The number of nitrogens with zero attached hydrogens (tertiary/aromatic N) is 4. The second-order valence-electron chi connectivity index (χ2n) is 7.22. The van der Waals surface area contributed by atoms with Gasteiger partial charge in [0.15, 0.2) is 0 Å². The molecule has 1 aromatic heterocycles. The maximum atomic E-state index is 8.88. The highest BCUT2D eigenvalue weighted by Gasteiger charge is 2.19. The molecule has 2 aromatic rings. The fourth-order valence-corrected chi connectivity index (χ4v) is 3.09. The third kappa shape index (κ3) is 7.52. The zero-order valence-electron chi connectivity index (χ0n) is 17.7. The van der Waals surface area contributed by atoms with E-state index in [9.17, 15) is 0 Å². The van der Waals surface area contributed by atoms with Crippen LogP contribution in [0.15, 0.2) is 55.3 Å². The summed E-state index contributed by atoms with van der Waals surface area (Å²) in [5.41, 5.74) is 3.64. The van der Waals surface area contributed by atoms with Gasteiger partial charge < -0.3 is 5.32 Å². The van der Waals surface area contributed by atoms with E-state index in [4.69, 9.17) is 5.26 Å². The molecule has 3 rings (SSSR count). The quantitative estimate of drug-likeness (QED) is 0.726. The molecular formula is C24H31N5. The van der Waals surface area contributed by atoms with Crippen LogP contribution in [0.25, 0.3) is 5.57 Å². The minimum Gasteiger partial charge on any atom is -0.367 e. The van der Waals surface area contributed by atoms with E-state index in [1.807, 2.05) is 45.1 Å². The molecule has 1 fully saturated rings. The molecule has 1 aromatic carbocycles. The standard InChI is InChI=1S/C20H23N5.C4H8/c1-15(2)17-5-3-16(4-6-17)14-25-11-8-18(9-12-25)23-19-7-10-22-20(13-21)24-19;1-3-4-2/h3-7,10,18H,1,8-9,11-12,14H2,2H3,(H,22,23,24);3-4H,1-2H3/b;4-3-. The van der Waals surface area contributed by atoms with Crippen molar-refractivity contribution < 1.29 is 0 Å². The second kappa shape index (κ2) is 11.8. The van der Waals surface area contributed by atoms with Gasteiger partial charge in [-0.1, -0.05) is 48.6 Å². The Morgan fingerprint density at radius 2 is 1.86 bits per heavy atom. The molecule has 0 unspecified atom stereocenters. The van der Waals surface area contributed by atoms with Gasteiger partial charge in [0.1, 0.15) is 11.9 Å². The molecular weight excluding hydrogens is 358 g/mol. The highest BCUT2D eigenvalue weighted by Crippen LogP contribution is 2.18. The lowest BCUT2D eigenvalue weighted by Gasteiger charge is -2.32. The summed E-state index contributed by atoms with van der Waals surface area (Å²) in [5, 5.41) is 12.3. The molecule has 152 valence electrons. The average molecular weight is 390 g/mol. The largest absolute Gasteiger partial charge is 0.367 e. The molecule has 0 saturated carbocycles. The summed E-state index contributed by atoms with van der Waals surface area (Å²) in [6.45, 7) is 13.1. The van der Waals surface area contributed by atoms with Crippen LogP contribution in [-0.4, -0.2) is 34.0 Å². The van der Waals surface area contributed by atoms with Crippen molar-refractivity contribution in [3.63, 3.8) is 0 Å². The van der Waals surface area contributed by atoms with Crippen molar-refractivity contribution in [2.24, 2.45) is 0 Å². The molecule has 0 amide bonds. The van der Waals surface area contributed by atoms with Crippen molar-refractivity contribution in [2.75, 3.05) is 18.4 Å². The highest BCUT2D eigenvalue weighted by molar-refractivity contribution is 5.61. The Bertz CT molecular complexity index is 836. The third-order valence-corrected chi connectivity index (χ3v) is 4.88. The molecule has 0 radical (unpaired) electrons. The van der Waals surface area contributed by atoms with Crippen LogP contribution in [0, 0.1) is 11.3 Å². The van der Waals surface area contributed by atoms with Crippen LogP contribution in [0.3, 0.4) is 0 Å². The van der Waals surface area contributed by atoms with Gasteiger partial charge in [0, 0.05) is 31.9 Å². The van der Waals surface area contributed by atoms with E-state index in [1.165, 1.54) is 11.1 Å². The molecule has 0 aliphatic carbocycles. The van der Waals surface area contributed by atoms with E-state index in [0.29, 0.717) is 6.04 Å². The minimum atomic E-state index is 0.209. The number of nitrogens with one attached hydrogen (secondary N) is 1. The van der Waals surface area contributed by atoms with Crippen LogP contribution in [0.2, 0.25) is 0 Å². The van der Waals surface area contributed by atoms with Gasteiger partial charge in [-0.3, -0.25) is 4.90 Å². The van der Waals surface area contributed by atoms with E-state index in [0.717, 1.165) is 43.9 Å². The number of allylic oxidation sites excluding steroid dienone is 3. The molecule has 1 aliphatic rings. The summed E-state index contributed by atoms with van der Waals surface area (Å²) in [4.78, 5) is 10.6. The Kier molecular flexibility index (Phi) is 9.07. The lowest BCUT2D eigenvalue weighted by molar-refractivity contribution is 0.211. The molecule has 1 saturated heterocycles. The topological polar surface area (TPSA) is 64.8 Å². The third-order valence-electron chi connectivity index (χ3n) is 4.88. The number of benzene rings is 1. The van der Waals surface area contributed by atoms with Crippen molar-refractivity contribution >= 4 is 11.4 Å². The molecule has 0 atom stereocenters. The van der Waals surface area contributed by atoms with Gasteiger partial charge in [-0.25, -0.2) is 9.97 Å². The van der Waals surface area contributed by atoms with Crippen LogP contribution in [0.4, 0.5) is 5.82 Å². The van der Waals surface area contributed by atoms with Gasteiger partial charge in [-0.05, 0) is 50.8 Å². The van der Waals surface area contributed by atoms with Crippen molar-refractivity contribution in [3.05, 3.63) is 72.2 Å². The Morgan fingerprint density at radius 3 is 2.41 bits per heavy atom. The van der Waals surface area contributed by atoms with Crippen LogP contribution in [0.1, 0.15) is 50.6 Å². The second-order valence-corrected chi connectivity index (χ2v) is 7.22. The number of hydrogen-bond acceptors (Lipinski definition) is 5. The molecule has 1 aliphatic heterocycles. The fourth-order valence-electron chi connectivity index (χ4n) is 3.09. The Hall–Kier alpha value is -2.97. The summed E-state index contributed by atoms with van der Waals surface area (Å²) in [7, 11) is 0. The van der Waals surface area contributed by atoms with Crippen molar-refractivity contribution in [2.45, 2.75) is 46.2 Å². The summed E-state index contributed by atoms with van der Waals surface area (Å²) >= 11 is 0. The number of likely N-dealkylation sites (tertiary alicyclic amines) is 1. The number of nitriles is 1. The first-order valence-corrected chi connectivity index (χ1v) is 10.1. The van der Waals surface area contributed by atoms with E-state index in [1.54, 1.807) is 6.20 Å². The molecule has 5 nitrogen and oxygen atoms in total. The first kappa shape index (κ1) is 22.3. The van der Waals surface area contributed by atoms with Crippen molar-refractivity contribution in [1.82, 2.24) is 14.9 Å². The van der Waals surface area contributed by atoms with Gasteiger partial charge in [0.05, 0.1) is 0 Å². The molecule has 0 bridgehead atoms. The predicted molar refractivity (Wildman–Crippen MR) is 120 cm³/mol. The van der Waals surface area contributed by atoms with E-state index in [-0.39, 0.29) is 5.82 Å². The van der Waals surface area contributed by atoms with Crippen LogP contribution in [-0.2, 0) is 6.54 Å². The maximum Gasteiger partial charge on any atom is 0.234 e. The summed E-state index contributed by atoms with van der Waals surface area (Å²) < 4.78 is 0. The monoisotopic (exact) mass is 389 g/mol. The number of piperidine rings is 1. The molecule has 2 heterocycles. The Morgan fingerprint density at radius 1 is 1.21 bits per heavy atom. The van der Waals surface area contributed by atoms with Gasteiger partial charge >= 0.3 is 0 Å². The van der Waals surface area contributed by atoms with E-state index in [2.05, 4.69) is 51.0 Å². The first-order valence-electron chi connectivity index (χ1n) is 10.1. The molecule has 0 spiro atoms. The average Bonchev–Trinajstić information content (AvgIpc) is 2.76. The molecule has 1 N–H and O–H groups in total. The van der Waals surface area contributed by atoms with Crippen molar-refractivity contribution in [3.8, 4) is 6.07 Å². The maximum absolute atomic E-state index is 8.88. The number of anilines is 1. The number of rotatable bonds is 5. The van der Waals surface area contributed by atoms with Gasteiger partial charge in [0.2, 0.25) is 5.82 Å². The Balaban J connectivity index is 0.000000687. The summed E-state index contributed by atoms with van der Waals surface area (Å²) in [6.07, 6.45) is 7.75. The zero-order valence-corrected chi connectivity index (χ0v) is 17.7. The fraction of sp³-hybridized carbons (Fsp3) is 0.375. The lowest BCUT2D eigenvalue weighted by Crippen LogP contribution is -2.38. The summed E-state index contributed by atoms with van der Waals surface area (Å²) in [5.74, 6) is 0.945. The normalized spacial score (nSPS) is 14.7. The van der Waals surface area contributed by atoms with Crippen LogP contribution in [0.5, 0.6) is 0 Å². The van der Waals surface area contributed by atoms with E-state index >= 15 is 0 Å². The van der Waals surface area contributed by atoms with Gasteiger partial charge in [0.25, 0.3) is 0 Å². The SMILES string of the molecule is C/C=C\C.C=C(C)c1ccc(CN2CCC(Nc3ccnc(C#N)n3)CC2)cc1. The van der Waals surface area contributed by atoms with Gasteiger partial charge in [-0.15, -0.1) is 0 Å². The molecule has 5 heteroatoms. The lowest BCUT2D eigenvalue weighted by atomic mass is 10.0. The summed E-state index contributed by atoms with van der Waals surface area (Å²) in [6, 6.07) is 12.9. The number of aromatic nitrogens is 2. The predicted octanol–water partition coefficient (Wildman–Crippen LogP) is 5.04. The molecule has 29 heavy (non-hydrogen) atoms. The van der Waals surface area contributed by atoms with Gasteiger partial charge in [-0.2, -0.15) is 5.26 Å². The minimum absolute atomic E-state index is 0.209.